The lowest BCUT2D eigenvalue weighted by atomic mass is 10.0. The molecule has 1 amide bonds. The molecule has 1 atom stereocenters. The van der Waals surface area contributed by atoms with Gasteiger partial charge in [0.25, 0.3) is 0 Å². The Bertz CT molecular complexity index is 681. The average molecular weight is 287 g/mol. The van der Waals surface area contributed by atoms with E-state index in [1.165, 1.54) is 7.11 Å². The highest BCUT2D eigenvalue weighted by Gasteiger charge is 2.17. The first-order chi connectivity index (χ1) is 10.0. The zero-order valence-corrected chi connectivity index (χ0v) is 12.2. The van der Waals surface area contributed by atoms with Gasteiger partial charge in [0, 0.05) is 5.56 Å². The van der Waals surface area contributed by atoms with E-state index in [1.807, 2.05) is 24.3 Å². The highest BCUT2D eigenvalue weighted by molar-refractivity contribution is 6.04. The molecule has 0 aliphatic heterocycles. The normalized spacial score (nSPS) is 11.8. The van der Waals surface area contributed by atoms with Gasteiger partial charge in [-0.15, -0.1) is 0 Å². The molecule has 1 N–H and O–H groups in total. The van der Waals surface area contributed by atoms with Crippen LogP contribution in [0.2, 0.25) is 0 Å². The van der Waals surface area contributed by atoms with Crippen molar-refractivity contribution in [1.82, 2.24) is 5.32 Å². The minimum Gasteiger partial charge on any atom is -0.497 e. The molecule has 2 aromatic carbocycles. The average Bonchev–Trinajstić information content (AvgIpc) is 2.52. The molecule has 110 valence electrons. The Morgan fingerprint density at radius 1 is 1.05 bits per heavy atom. The van der Waals surface area contributed by atoms with Crippen molar-refractivity contribution in [2.24, 2.45) is 0 Å². The van der Waals surface area contributed by atoms with Crippen molar-refractivity contribution >= 4 is 22.6 Å². The van der Waals surface area contributed by atoms with Gasteiger partial charge >= 0.3 is 6.09 Å². The molecule has 0 saturated carbocycles. The van der Waals surface area contributed by atoms with Crippen LogP contribution in [0.25, 0.3) is 10.8 Å². The highest BCUT2D eigenvalue weighted by Crippen LogP contribution is 2.22. The van der Waals surface area contributed by atoms with E-state index in [0.29, 0.717) is 5.56 Å². The van der Waals surface area contributed by atoms with Gasteiger partial charge in [0.2, 0.25) is 0 Å². The maximum atomic E-state index is 12.3. The fourth-order valence-corrected chi connectivity index (χ4v) is 2.06. The molecular weight excluding hydrogens is 270 g/mol. The van der Waals surface area contributed by atoms with Crippen molar-refractivity contribution in [2.45, 2.75) is 13.0 Å². The number of fused-ring (bicyclic) bond motifs is 1. The van der Waals surface area contributed by atoms with E-state index in [2.05, 4.69) is 10.1 Å². The summed E-state index contributed by atoms with van der Waals surface area (Å²) in [7, 11) is 2.87. The SMILES string of the molecule is COC(=O)NC(C)C(=O)c1ccc2cc(OC)ccc2c1. The fraction of sp³-hybridized carbons (Fsp3) is 0.250. The van der Waals surface area contributed by atoms with Crippen LogP contribution in [0.1, 0.15) is 17.3 Å². The Morgan fingerprint density at radius 3 is 2.38 bits per heavy atom. The molecule has 0 spiro atoms. The monoisotopic (exact) mass is 287 g/mol. The molecule has 5 heteroatoms. The second-order valence-corrected chi connectivity index (χ2v) is 4.65. The molecule has 0 saturated heterocycles. The molecule has 0 aromatic heterocycles. The number of carbonyl (C=O) groups excluding carboxylic acids is 2. The third-order valence-corrected chi connectivity index (χ3v) is 3.24. The molecule has 1 unspecified atom stereocenters. The zero-order chi connectivity index (χ0) is 15.4. The number of hydrogen-bond acceptors (Lipinski definition) is 4. The Hall–Kier alpha value is -2.56. The maximum Gasteiger partial charge on any atom is 0.407 e. The van der Waals surface area contributed by atoms with Crippen LogP contribution in [0, 0.1) is 0 Å². The molecule has 0 fully saturated rings. The summed E-state index contributed by atoms with van der Waals surface area (Å²) in [5, 5.41) is 4.39. The molecule has 0 radical (unpaired) electrons. The van der Waals surface area contributed by atoms with Gasteiger partial charge < -0.3 is 14.8 Å². The number of alkyl carbamates (subject to hydrolysis) is 1. The summed E-state index contributed by atoms with van der Waals surface area (Å²) in [6.07, 6.45) is -0.624. The van der Waals surface area contributed by atoms with Gasteiger partial charge in [-0.05, 0) is 35.9 Å². The molecule has 0 heterocycles. The van der Waals surface area contributed by atoms with E-state index in [-0.39, 0.29) is 5.78 Å². The quantitative estimate of drug-likeness (QED) is 0.878. The van der Waals surface area contributed by atoms with Gasteiger partial charge in [0.05, 0.1) is 20.3 Å². The Labute approximate surface area is 122 Å². The number of Topliss-reactive ketones (excluding diaryl/α,β-unsaturated/α-hetero) is 1. The summed E-state index contributed by atoms with van der Waals surface area (Å²) in [5.41, 5.74) is 0.538. The molecule has 0 aliphatic carbocycles. The van der Waals surface area contributed by atoms with E-state index in [0.717, 1.165) is 16.5 Å². The molecule has 5 nitrogen and oxygen atoms in total. The summed E-state index contributed by atoms with van der Waals surface area (Å²) < 4.78 is 9.65. The van der Waals surface area contributed by atoms with Crippen molar-refractivity contribution < 1.29 is 19.1 Å². The van der Waals surface area contributed by atoms with E-state index < -0.39 is 12.1 Å². The van der Waals surface area contributed by atoms with Crippen LogP contribution >= 0.6 is 0 Å². The standard InChI is InChI=1S/C16H17NO4/c1-10(17-16(19)21-3)15(18)13-5-4-12-9-14(20-2)7-6-11(12)8-13/h4-10H,1-3H3,(H,17,19). The van der Waals surface area contributed by atoms with Crippen molar-refractivity contribution in [1.29, 1.82) is 0 Å². The van der Waals surface area contributed by atoms with E-state index in [9.17, 15) is 9.59 Å². The predicted molar refractivity (Wildman–Crippen MR) is 79.8 cm³/mol. The molecule has 0 aliphatic rings. The number of ether oxygens (including phenoxy) is 2. The van der Waals surface area contributed by atoms with E-state index in [4.69, 9.17) is 4.74 Å². The molecule has 21 heavy (non-hydrogen) atoms. The van der Waals surface area contributed by atoms with Crippen molar-refractivity contribution in [2.75, 3.05) is 14.2 Å². The maximum absolute atomic E-state index is 12.3. The Balaban J connectivity index is 2.26. The zero-order valence-electron chi connectivity index (χ0n) is 12.2. The largest absolute Gasteiger partial charge is 0.497 e. The lowest BCUT2D eigenvalue weighted by molar-refractivity contribution is 0.0940. The molecular formula is C16H17NO4. The number of benzene rings is 2. The van der Waals surface area contributed by atoms with Crippen LogP contribution in [0.3, 0.4) is 0 Å². The Kier molecular flexibility index (Phi) is 4.42. The summed E-state index contributed by atoms with van der Waals surface area (Å²) in [6.45, 7) is 1.62. The van der Waals surface area contributed by atoms with Crippen LogP contribution in [-0.4, -0.2) is 32.1 Å². The number of hydrogen-bond donors (Lipinski definition) is 1. The van der Waals surface area contributed by atoms with Gasteiger partial charge in [-0.1, -0.05) is 18.2 Å². The summed E-state index contributed by atoms with van der Waals surface area (Å²) in [4.78, 5) is 23.4. The van der Waals surface area contributed by atoms with Gasteiger partial charge in [-0.25, -0.2) is 4.79 Å². The van der Waals surface area contributed by atoms with Crippen LogP contribution in [0.4, 0.5) is 4.79 Å². The van der Waals surface area contributed by atoms with E-state index in [1.54, 1.807) is 26.2 Å². The van der Waals surface area contributed by atoms with Crippen LogP contribution in [-0.2, 0) is 4.74 Å². The second kappa shape index (κ2) is 6.26. The predicted octanol–water partition coefficient (Wildman–Crippen LogP) is 2.78. The first-order valence-corrected chi connectivity index (χ1v) is 6.51. The van der Waals surface area contributed by atoms with Crippen molar-refractivity contribution in [3.8, 4) is 5.75 Å². The minimum atomic E-state index is -0.645. The molecule has 2 rings (SSSR count). The molecule has 0 bridgehead atoms. The highest BCUT2D eigenvalue weighted by atomic mass is 16.5. The lowest BCUT2D eigenvalue weighted by Crippen LogP contribution is -2.38. The first-order valence-electron chi connectivity index (χ1n) is 6.51. The number of amides is 1. The van der Waals surface area contributed by atoms with Gasteiger partial charge in [0.15, 0.2) is 5.78 Å². The topological polar surface area (TPSA) is 64.6 Å². The van der Waals surface area contributed by atoms with Crippen molar-refractivity contribution in [3.63, 3.8) is 0 Å². The number of methoxy groups -OCH3 is 2. The Morgan fingerprint density at radius 2 is 1.71 bits per heavy atom. The smallest absolute Gasteiger partial charge is 0.407 e. The fourth-order valence-electron chi connectivity index (χ4n) is 2.06. The van der Waals surface area contributed by atoms with E-state index >= 15 is 0 Å². The number of rotatable bonds is 4. The molecule has 2 aromatic rings. The van der Waals surface area contributed by atoms with Gasteiger partial charge in [0.1, 0.15) is 5.75 Å². The third kappa shape index (κ3) is 3.31. The lowest BCUT2D eigenvalue weighted by Gasteiger charge is -2.12. The first kappa shape index (κ1) is 14.8. The van der Waals surface area contributed by atoms with Crippen LogP contribution in [0.15, 0.2) is 36.4 Å². The van der Waals surface area contributed by atoms with Crippen molar-refractivity contribution in [3.05, 3.63) is 42.0 Å². The minimum absolute atomic E-state index is 0.168. The summed E-state index contributed by atoms with van der Waals surface area (Å²) in [5.74, 6) is 0.598. The third-order valence-electron chi connectivity index (χ3n) is 3.24. The summed E-state index contributed by atoms with van der Waals surface area (Å²) >= 11 is 0. The number of ketones is 1. The number of carbonyl (C=O) groups is 2. The van der Waals surface area contributed by atoms with Crippen LogP contribution < -0.4 is 10.1 Å². The second-order valence-electron chi connectivity index (χ2n) is 4.65. The van der Waals surface area contributed by atoms with Crippen LogP contribution in [0.5, 0.6) is 5.75 Å². The van der Waals surface area contributed by atoms with Gasteiger partial charge in [-0.3, -0.25) is 4.79 Å². The number of nitrogens with one attached hydrogen (secondary N) is 1. The van der Waals surface area contributed by atoms with Gasteiger partial charge in [-0.2, -0.15) is 0 Å². The summed E-state index contributed by atoms with van der Waals surface area (Å²) in [6, 6.07) is 10.4.